The van der Waals surface area contributed by atoms with Crippen molar-refractivity contribution < 1.29 is 14.5 Å². The number of benzene rings is 2. The van der Waals surface area contributed by atoms with Gasteiger partial charge in [-0.3, -0.25) is 0 Å². The molecular formula is C12H9BO3. The van der Waals surface area contributed by atoms with E-state index in [1.807, 2.05) is 36.4 Å². The summed E-state index contributed by atoms with van der Waals surface area (Å²) in [6.45, 7) is 0. The molecule has 0 bridgehead atoms. The molecule has 0 aliphatic heterocycles. The van der Waals surface area contributed by atoms with E-state index in [1.165, 1.54) is 6.26 Å². The van der Waals surface area contributed by atoms with Crippen molar-refractivity contribution in [2.24, 2.45) is 0 Å². The molecule has 78 valence electrons. The van der Waals surface area contributed by atoms with Gasteiger partial charge in [0.25, 0.3) is 0 Å². The molecule has 3 aromatic rings. The quantitative estimate of drug-likeness (QED) is 0.597. The molecule has 0 unspecified atom stereocenters. The van der Waals surface area contributed by atoms with Gasteiger partial charge in [0, 0.05) is 10.8 Å². The molecule has 0 amide bonds. The molecule has 4 heteroatoms. The molecule has 0 saturated heterocycles. The number of furan rings is 1. The fourth-order valence-electron chi connectivity index (χ4n) is 2.02. The Morgan fingerprint density at radius 1 is 1.00 bits per heavy atom. The van der Waals surface area contributed by atoms with Crippen molar-refractivity contribution in [3.63, 3.8) is 0 Å². The van der Waals surface area contributed by atoms with Gasteiger partial charge in [-0.1, -0.05) is 30.3 Å². The Morgan fingerprint density at radius 2 is 1.81 bits per heavy atom. The highest BCUT2D eigenvalue weighted by Gasteiger charge is 2.19. The van der Waals surface area contributed by atoms with Crippen LogP contribution in [0.15, 0.2) is 47.1 Å². The molecule has 1 heterocycles. The van der Waals surface area contributed by atoms with E-state index in [0.717, 1.165) is 16.2 Å². The summed E-state index contributed by atoms with van der Waals surface area (Å²) in [4.78, 5) is 0. The zero-order chi connectivity index (χ0) is 11.1. The summed E-state index contributed by atoms with van der Waals surface area (Å²) in [6.07, 6.45) is 1.39. The maximum atomic E-state index is 9.27. The van der Waals surface area contributed by atoms with E-state index in [1.54, 1.807) is 0 Å². The predicted molar refractivity (Wildman–Crippen MR) is 63.5 cm³/mol. The highest BCUT2D eigenvalue weighted by Crippen LogP contribution is 2.24. The first-order valence-electron chi connectivity index (χ1n) is 5.02. The third-order valence-electron chi connectivity index (χ3n) is 2.77. The van der Waals surface area contributed by atoms with Crippen LogP contribution in [0.4, 0.5) is 0 Å². The van der Waals surface area contributed by atoms with Crippen molar-refractivity contribution in [2.45, 2.75) is 0 Å². The minimum absolute atomic E-state index is 0.409. The molecule has 0 aliphatic rings. The molecule has 0 radical (unpaired) electrons. The fraction of sp³-hybridized carbons (Fsp3) is 0. The zero-order valence-electron chi connectivity index (χ0n) is 8.42. The normalized spacial score (nSPS) is 11.1. The summed E-state index contributed by atoms with van der Waals surface area (Å²) >= 11 is 0. The number of hydrogen-bond donors (Lipinski definition) is 2. The van der Waals surface area contributed by atoms with E-state index in [-0.39, 0.29) is 0 Å². The third-order valence-corrected chi connectivity index (χ3v) is 2.77. The summed E-state index contributed by atoms with van der Waals surface area (Å²) in [5.41, 5.74) is 1.08. The van der Waals surface area contributed by atoms with E-state index in [0.29, 0.717) is 11.0 Å². The van der Waals surface area contributed by atoms with Crippen LogP contribution in [0.2, 0.25) is 0 Å². The van der Waals surface area contributed by atoms with Crippen molar-refractivity contribution in [1.82, 2.24) is 0 Å². The van der Waals surface area contributed by atoms with E-state index < -0.39 is 7.12 Å². The average Bonchev–Trinajstić information content (AvgIpc) is 2.73. The lowest BCUT2D eigenvalue weighted by molar-refractivity contribution is 0.425. The summed E-state index contributed by atoms with van der Waals surface area (Å²) in [5, 5.41) is 21.3. The maximum Gasteiger partial charge on any atom is 0.492 e. The topological polar surface area (TPSA) is 53.6 Å². The molecule has 3 rings (SSSR count). The van der Waals surface area contributed by atoms with Crippen LogP contribution in [-0.4, -0.2) is 17.2 Å². The van der Waals surface area contributed by atoms with Gasteiger partial charge in [-0.2, -0.15) is 0 Å². The van der Waals surface area contributed by atoms with E-state index in [9.17, 15) is 10.0 Å². The van der Waals surface area contributed by atoms with Crippen LogP contribution in [0.1, 0.15) is 0 Å². The standard InChI is InChI=1S/C12H9BO3/c14-13(15)10-7-16-11-6-5-8-3-1-2-4-9(8)12(10)11/h1-7,14-15H. The van der Waals surface area contributed by atoms with Crippen LogP contribution in [0, 0.1) is 0 Å². The number of fused-ring (bicyclic) bond motifs is 3. The molecule has 0 atom stereocenters. The molecule has 0 spiro atoms. The first-order chi connectivity index (χ1) is 7.77. The van der Waals surface area contributed by atoms with Gasteiger partial charge < -0.3 is 14.5 Å². The van der Waals surface area contributed by atoms with Gasteiger partial charge in [-0.15, -0.1) is 0 Å². The monoisotopic (exact) mass is 212 g/mol. The van der Waals surface area contributed by atoms with Gasteiger partial charge in [0.1, 0.15) is 5.58 Å². The van der Waals surface area contributed by atoms with Crippen LogP contribution >= 0.6 is 0 Å². The highest BCUT2D eigenvalue weighted by molar-refractivity contribution is 6.62. The first-order valence-corrected chi connectivity index (χ1v) is 5.02. The second-order valence-corrected chi connectivity index (χ2v) is 3.72. The fourth-order valence-corrected chi connectivity index (χ4v) is 2.02. The Labute approximate surface area is 92.1 Å². The Hall–Kier alpha value is -1.78. The maximum absolute atomic E-state index is 9.27. The molecule has 2 aromatic carbocycles. The van der Waals surface area contributed by atoms with E-state index in [2.05, 4.69) is 0 Å². The number of hydrogen-bond acceptors (Lipinski definition) is 3. The SMILES string of the molecule is OB(O)c1coc2ccc3ccccc3c12. The van der Waals surface area contributed by atoms with Crippen LogP contribution in [0.25, 0.3) is 21.7 Å². The Balaban J connectivity index is 2.52. The zero-order valence-corrected chi connectivity index (χ0v) is 8.42. The lowest BCUT2D eigenvalue weighted by atomic mass is 9.79. The van der Waals surface area contributed by atoms with Gasteiger partial charge in [0.05, 0.1) is 6.26 Å². The molecule has 3 nitrogen and oxygen atoms in total. The summed E-state index contributed by atoms with van der Waals surface area (Å²) in [7, 11) is -1.51. The predicted octanol–water partition coefficient (Wildman–Crippen LogP) is 1.27. The van der Waals surface area contributed by atoms with Gasteiger partial charge in [0.15, 0.2) is 0 Å². The number of rotatable bonds is 1. The minimum atomic E-state index is -1.51. The molecular weight excluding hydrogens is 203 g/mol. The highest BCUT2D eigenvalue weighted by atomic mass is 16.4. The molecule has 0 saturated carbocycles. The van der Waals surface area contributed by atoms with Crippen molar-refractivity contribution in [1.29, 1.82) is 0 Å². The Kier molecular flexibility index (Phi) is 1.99. The lowest BCUT2D eigenvalue weighted by Gasteiger charge is -2.00. The van der Waals surface area contributed by atoms with E-state index >= 15 is 0 Å². The summed E-state index contributed by atoms with van der Waals surface area (Å²) in [5.74, 6) is 0. The molecule has 16 heavy (non-hydrogen) atoms. The van der Waals surface area contributed by atoms with Crippen LogP contribution < -0.4 is 5.46 Å². The second-order valence-electron chi connectivity index (χ2n) is 3.72. The van der Waals surface area contributed by atoms with Gasteiger partial charge in [-0.25, -0.2) is 0 Å². The summed E-state index contributed by atoms with van der Waals surface area (Å²) in [6, 6.07) is 11.6. The van der Waals surface area contributed by atoms with Crippen molar-refractivity contribution in [2.75, 3.05) is 0 Å². The molecule has 2 N–H and O–H groups in total. The van der Waals surface area contributed by atoms with Gasteiger partial charge in [-0.05, 0) is 16.8 Å². The lowest BCUT2D eigenvalue weighted by Crippen LogP contribution is -2.28. The third kappa shape index (κ3) is 1.24. The average molecular weight is 212 g/mol. The first kappa shape index (κ1) is 9.45. The minimum Gasteiger partial charge on any atom is -0.465 e. The van der Waals surface area contributed by atoms with Gasteiger partial charge >= 0.3 is 7.12 Å². The van der Waals surface area contributed by atoms with Crippen LogP contribution in [-0.2, 0) is 0 Å². The van der Waals surface area contributed by atoms with E-state index in [4.69, 9.17) is 4.42 Å². The van der Waals surface area contributed by atoms with Gasteiger partial charge in [0.2, 0.25) is 0 Å². The largest absolute Gasteiger partial charge is 0.492 e. The molecule has 0 aliphatic carbocycles. The van der Waals surface area contributed by atoms with Crippen molar-refractivity contribution in [3.05, 3.63) is 42.7 Å². The summed E-state index contributed by atoms with van der Waals surface area (Å²) < 4.78 is 5.30. The molecule has 0 fully saturated rings. The van der Waals surface area contributed by atoms with Crippen molar-refractivity contribution >= 4 is 34.3 Å². The Bertz CT molecular complexity index is 657. The van der Waals surface area contributed by atoms with Crippen LogP contribution in [0.5, 0.6) is 0 Å². The smallest absolute Gasteiger partial charge is 0.465 e. The van der Waals surface area contributed by atoms with Crippen molar-refractivity contribution in [3.8, 4) is 0 Å². The van der Waals surface area contributed by atoms with Crippen LogP contribution in [0.3, 0.4) is 0 Å². The Morgan fingerprint density at radius 3 is 2.62 bits per heavy atom. The molecule has 1 aromatic heterocycles. The second kappa shape index (κ2) is 3.37.